The van der Waals surface area contributed by atoms with Crippen molar-refractivity contribution in [2.45, 2.75) is 26.7 Å². The number of nitrogens with one attached hydrogen (secondary N) is 1. The van der Waals surface area contributed by atoms with Crippen molar-refractivity contribution in [2.24, 2.45) is 0 Å². The Morgan fingerprint density at radius 2 is 2.00 bits per heavy atom. The average molecular weight is 301 g/mol. The van der Waals surface area contributed by atoms with E-state index in [1.807, 2.05) is 0 Å². The lowest BCUT2D eigenvalue weighted by atomic mass is 10.1. The van der Waals surface area contributed by atoms with Crippen molar-refractivity contribution in [1.29, 1.82) is 0 Å². The van der Waals surface area contributed by atoms with Crippen LogP contribution in [0.3, 0.4) is 0 Å². The van der Waals surface area contributed by atoms with Crippen molar-refractivity contribution in [3.05, 3.63) is 23.3 Å². The molecule has 0 heterocycles. The van der Waals surface area contributed by atoms with Gasteiger partial charge < -0.3 is 9.84 Å². The van der Waals surface area contributed by atoms with Gasteiger partial charge in [-0.25, -0.2) is 8.42 Å². The Labute approximate surface area is 118 Å². The molecule has 0 bridgehead atoms. The highest BCUT2D eigenvalue weighted by Crippen LogP contribution is 2.28. The van der Waals surface area contributed by atoms with Crippen LogP contribution in [0.5, 0.6) is 5.75 Å². The van der Waals surface area contributed by atoms with Crippen LogP contribution in [0.1, 0.15) is 24.0 Å². The summed E-state index contributed by atoms with van der Waals surface area (Å²) in [5.41, 5.74) is 1.49. The molecule has 0 aliphatic heterocycles. The van der Waals surface area contributed by atoms with Crippen molar-refractivity contribution in [1.82, 2.24) is 0 Å². The number of aryl methyl sites for hydroxylation is 1. The van der Waals surface area contributed by atoms with Crippen molar-refractivity contribution < 1.29 is 23.1 Å². The first-order valence-corrected chi connectivity index (χ1v) is 7.78. The highest BCUT2D eigenvalue weighted by molar-refractivity contribution is 7.92. The van der Waals surface area contributed by atoms with Gasteiger partial charge in [-0.05, 0) is 31.9 Å². The molecule has 0 aliphatic carbocycles. The molecule has 20 heavy (non-hydrogen) atoms. The molecule has 0 aromatic heterocycles. The topological polar surface area (TPSA) is 92.7 Å². The first-order chi connectivity index (χ1) is 9.26. The first kappa shape index (κ1) is 16.3. The third-order valence-electron chi connectivity index (χ3n) is 2.92. The van der Waals surface area contributed by atoms with Crippen LogP contribution < -0.4 is 4.72 Å². The van der Waals surface area contributed by atoms with Crippen LogP contribution in [0.15, 0.2) is 12.1 Å². The number of methoxy groups -OCH3 is 1. The number of benzene rings is 1. The number of phenolic OH excluding ortho intramolecular Hbond substituents is 1. The van der Waals surface area contributed by atoms with Crippen LogP contribution >= 0.6 is 0 Å². The monoisotopic (exact) mass is 301 g/mol. The van der Waals surface area contributed by atoms with E-state index in [4.69, 9.17) is 0 Å². The van der Waals surface area contributed by atoms with Gasteiger partial charge in [-0.1, -0.05) is 6.07 Å². The van der Waals surface area contributed by atoms with Crippen LogP contribution in [-0.2, 0) is 19.6 Å². The van der Waals surface area contributed by atoms with Crippen molar-refractivity contribution in [3.8, 4) is 5.75 Å². The molecule has 0 radical (unpaired) electrons. The minimum absolute atomic E-state index is 0.0511. The number of aromatic hydroxyl groups is 1. The molecule has 6 nitrogen and oxygen atoms in total. The fourth-order valence-corrected chi connectivity index (χ4v) is 2.86. The smallest absolute Gasteiger partial charge is 0.305 e. The molecule has 1 aromatic rings. The predicted molar refractivity (Wildman–Crippen MR) is 76.2 cm³/mol. The van der Waals surface area contributed by atoms with Gasteiger partial charge >= 0.3 is 5.97 Å². The highest BCUT2D eigenvalue weighted by atomic mass is 32.2. The fraction of sp³-hybridized carbons (Fsp3) is 0.462. The Morgan fingerprint density at radius 1 is 1.35 bits per heavy atom. The quantitative estimate of drug-likeness (QED) is 0.780. The third-order valence-corrected chi connectivity index (χ3v) is 4.28. The largest absolute Gasteiger partial charge is 0.507 e. The maximum absolute atomic E-state index is 11.9. The predicted octanol–water partition coefficient (Wildman–Crippen LogP) is 1.70. The number of rotatable bonds is 6. The molecule has 112 valence electrons. The Balaban J connectivity index is 2.72. The number of phenols is 1. The van der Waals surface area contributed by atoms with E-state index in [-0.39, 0.29) is 24.3 Å². The molecule has 0 saturated carbocycles. The van der Waals surface area contributed by atoms with Crippen LogP contribution in [0.25, 0.3) is 0 Å². The number of carbonyl (C=O) groups is 1. The normalized spacial score (nSPS) is 11.2. The van der Waals surface area contributed by atoms with Crippen molar-refractivity contribution in [3.63, 3.8) is 0 Å². The van der Waals surface area contributed by atoms with E-state index in [0.717, 1.165) is 0 Å². The molecule has 0 atom stereocenters. The number of anilines is 1. The summed E-state index contributed by atoms with van der Waals surface area (Å²) in [6.07, 6.45) is 0.231. The molecule has 2 N–H and O–H groups in total. The lowest BCUT2D eigenvalue weighted by molar-refractivity contribution is -0.140. The number of hydrogen-bond donors (Lipinski definition) is 2. The lowest BCUT2D eigenvalue weighted by Gasteiger charge is -2.12. The molecule has 0 saturated heterocycles. The SMILES string of the molecule is COC(=O)CCCS(=O)(=O)Nc1ccc(C)c(O)c1C. The highest BCUT2D eigenvalue weighted by Gasteiger charge is 2.15. The van der Waals surface area contributed by atoms with Gasteiger partial charge in [0.05, 0.1) is 18.6 Å². The van der Waals surface area contributed by atoms with Crippen LogP contribution in [0, 0.1) is 13.8 Å². The summed E-state index contributed by atoms with van der Waals surface area (Å²) in [6, 6.07) is 3.23. The van der Waals surface area contributed by atoms with E-state index in [2.05, 4.69) is 9.46 Å². The van der Waals surface area contributed by atoms with E-state index in [1.165, 1.54) is 7.11 Å². The summed E-state index contributed by atoms with van der Waals surface area (Å²) in [5.74, 6) is -0.556. The molecule has 0 amide bonds. The maximum atomic E-state index is 11.9. The summed E-state index contributed by atoms with van der Waals surface area (Å²) in [4.78, 5) is 10.9. The van der Waals surface area contributed by atoms with Crippen LogP contribution in [-0.4, -0.2) is 32.4 Å². The summed E-state index contributed by atoms with van der Waals surface area (Å²) in [6.45, 7) is 3.37. The van der Waals surface area contributed by atoms with Gasteiger partial charge in [0.1, 0.15) is 5.75 Å². The average Bonchev–Trinajstić information content (AvgIpc) is 2.39. The van der Waals surface area contributed by atoms with Gasteiger partial charge in [0.15, 0.2) is 0 Å². The Morgan fingerprint density at radius 3 is 2.60 bits per heavy atom. The van der Waals surface area contributed by atoms with Crippen molar-refractivity contribution in [2.75, 3.05) is 17.6 Å². The molecule has 1 aromatic carbocycles. The van der Waals surface area contributed by atoms with E-state index >= 15 is 0 Å². The zero-order chi connectivity index (χ0) is 15.3. The summed E-state index contributed by atoms with van der Waals surface area (Å²) in [7, 11) is -2.30. The van der Waals surface area contributed by atoms with E-state index in [1.54, 1.807) is 26.0 Å². The zero-order valence-electron chi connectivity index (χ0n) is 11.8. The minimum atomic E-state index is -3.56. The third kappa shape index (κ3) is 4.41. The zero-order valence-corrected chi connectivity index (χ0v) is 12.6. The van der Waals surface area contributed by atoms with Crippen LogP contribution in [0.4, 0.5) is 5.69 Å². The van der Waals surface area contributed by atoms with E-state index in [0.29, 0.717) is 16.8 Å². The summed E-state index contributed by atoms with van der Waals surface area (Å²) >= 11 is 0. The first-order valence-electron chi connectivity index (χ1n) is 6.13. The Hall–Kier alpha value is -1.76. The lowest BCUT2D eigenvalue weighted by Crippen LogP contribution is -2.18. The molecular weight excluding hydrogens is 282 g/mol. The van der Waals surface area contributed by atoms with Gasteiger partial charge in [-0.3, -0.25) is 9.52 Å². The summed E-state index contributed by atoms with van der Waals surface area (Å²) < 4.78 is 30.6. The molecule has 1 rings (SSSR count). The van der Waals surface area contributed by atoms with Gasteiger partial charge in [0, 0.05) is 12.0 Å². The van der Waals surface area contributed by atoms with Gasteiger partial charge in [0.2, 0.25) is 10.0 Å². The number of esters is 1. The van der Waals surface area contributed by atoms with Crippen molar-refractivity contribution >= 4 is 21.7 Å². The molecule has 0 unspecified atom stereocenters. The molecule has 0 aliphatic rings. The van der Waals surface area contributed by atoms with Gasteiger partial charge in [-0.15, -0.1) is 0 Å². The van der Waals surface area contributed by atoms with Crippen LogP contribution in [0.2, 0.25) is 0 Å². The van der Waals surface area contributed by atoms with Gasteiger partial charge in [0.25, 0.3) is 0 Å². The number of hydrogen-bond acceptors (Lipinski definition) is 5. The number of sulfonamides is 1. The Kier molecular flexibility index (Phi) is 5.38. The molecule has 0 fully saturated rings. The standard InChI is InChI=1S/C13H19NO5S/c1-9-6-7-11(10(2)13(9)16)14-20(17,18)8-4-5-12(15)19-3/h6-7,14,16H,4-5,8H2,1-3H3. The van der Waals surface area contributed by atoms with E-state index < -0.39 is 16.0 Å². The Bertz CT molecular complexity index is 595. The van der Waals surface area contributed by atoms with E-state index in [9.17, 15) is 18.3 Å². The molecular formula is C13H19NO5S. The molecule has 7 heteroatoms. The number of ether oxygens (including phenoxy) is 1. The summed E-state index contributed by atoms with van der Waals surface area (Å²) in [5, 5.41) is 9.77. The second-order valence-electron chi connectivity index (χ2n) is 4.50. The maximum Gasteiger partial charge on any atom is 0.305 e. The second kappa shape index (κ2) is 6.60. The second-order valence-corrected chi connectivity index (χ2v) is 6.35. The fourth-order valence-electron chi connectivity index (χ4n) is 1.67. The molecule has 0 spiro atoms. The minimum Gasteiger partial charge on any atom is -0.507 e. The number of carbonyl (C=O) groups excluding carboxylic acids is 1. The van der Waals surface area contributed by atoms with Gasteiger partial charge in [-0.2, -0.15) is 0 Å².